The monoisotopic (exact) mass is 426 g/mol. The smallest absolute Gasteiger partial charge is 0.281 e. The number of fused-ring (bicyclic) bond motifs is 1. The number of hydrogen-bond acceptors (Lipinski definition) is 7. The molecule has 0 saturated heterocycles. The molecule has 2 heterocycles. The Bertz CT molecular complexity index is 987. The number of ether oxygens (including phenoxy) is 2. The molecular formula is C17H22N4O5S2. The zero-order chi connectivity index (χ0) is 20.5. The van der Waals surface area contributed by atoms with Crippen LogP contribution in [0.5, 0.6) is 11.5 Å². The summed E-state index contributed by atoms with van der Waals surface area (Å²) < 4.78 is 37.7. The average Bonchev–Trinajstić information content (AvgIpc) is 3.08. The molecule has 0 spiro atoms. The van der Waals surface area contributed by atoms with Crippen LogP contribution in [-0.2, 0) is 23.2 Å². The summed E-state index contributed by atoms with van der Waals surface area (Å²) in [7, 11) is 2.54. The van der Waals surface area contributed by atoms with Gasteiger partial charge in [0.1, 0.15) is 11.5 Å². The topological polar surface area (TPSA) is 101 Å². The van der Waals surface area contributed by atoms with Gasteiger partial charge in [-0.2, -0.15) is 17.0 Å². The van der Waals surface area contributed by atoms with E-state index < -0.39 is 10.2 Å². The number of aromatic nitrogens is 1. The van der Waals surface area contributed by atoms with Crippen molar-refractivity contribution < 1.29 is 22.7 Å². The van der Waals surface area contributed by atoms with Crippen LogP contribution < -0.4 is 14.8 Å². The van der Waals surface area contributed by atoms with Gasteiger partial charge in [-0.3, -0.25) is 10.1 Å². The van der Waals surface area contributed by atoms with E-state index in [4.69, 9.17) is 9.47 Å². The van der Waals surface area contributed by atoms with Crippen molar-refractivity contribution in [3.63, 3.8) is 0 Å². The third-order valence-corrected chi connectivity index (χ3v) is 7.24. The second kappa shape index (κ2) is 8.03. The van der Waals surface area contributed by atoms with Gasteiger partial charge in [0.15, 0.2) is 5.13 Å². The van der Waals surface area contributed by atoms with Crippen LogP contribution >= 0.6 is 11.3 Å². The summed E-state index contributed by atoms with van der Waals surface area (Å²) in [5.41, 5.74) is 1.17. The van der Waals surface area contributed by atoms with Gasteiger partial charge < -0.3 is 9.47 Å². The third kappa shape index (κ3) is 3.97. The zero-order valence-electron chi connectivity index (χ0n) is 16.1. The maximum absolute atomic E-state index is 12.6. The van der Waals surface area contributed by atoms with Crippen molar-refractivity contribution in [1.29, 1.82) is 0 Å². The molecule has 0 fully saturated rings. The molecular weight excluding hydrogens is 404 g/mol. The van der Waals surface area contributed by atoms with E-state index in [1.54, 1.807) is 18.2 Å². The fourth-order valence-electron chi connectivity index (χ4n) is 2.80. The number of carbonyl (C=O) groups excluding carboxylic acids is 1. The molecule has 0 atom stereocenters. The standard InChI is InChI=1S/C17H22N4O5S2/c1-20(2)28(23,24)21-8-7-13-15(10-21)27-17(18-13)19-16(22)12-6-5-11(25-3)9-14(12)26-4/h5-6,9H,7-8,10H2,1-4H3,(H,18,19,22). The molecule has 28 heavy (non-hydrogen) atoms. The summed E-state index contributed by atoms with van der Waals surface area (Å²) in [6.45, 7) is 0.603. The van der Waals surface area contributed by atoms with Crippen LogP contribution in [0.1, 0.15) is 20.9 Å². The lowest BCUT2D eigenvalue weighted by atomic mass is 10.2. The summed E-state index contributed by atoms with van der Waals surface area (Å²) in [5.74, 6) is 0.616. The lowest BCUT2D eigenvalue weighted by Gasteiger charge is -2.27. The van der Waals surface area contributed by atoms with Crippen molar-refractivity contribution in [3.05, 3.63) is 34.3 Å². The predicted octanol–water partition coefficient (Wildman–Crippen LogP) is 1.58. The van der Waals surface area contributed by atoms with E-state index in [0.717, 1.165) is 10.6 Å². The molecule has 0 aliphatic carbocycles. The number of methoxy groups -OCH3 is 2. The third-order valence-electron chi connectivity index (χ3n) is 4.36. The van der Waals surface area contributed by atoms with E-state index >= 15 is 0 Å². The molecule has 152 valence electrons. The minimum Gasteiger partial charge on any atom is -0.497 e. The van der Waals surface area contributed by atoms with Crippen LogP contribution in [0.4, 0.5) is 5.13 Å². The maximum atomic E-state index is 12.6. The van der Waals surface area contributed by atoms with Crippen molar-refractivity contribution >= 4 is 32.6 Å². The molecule has 9 nitrogen and oxygen atoms in total. The fraction of sp³-hybridized carbons (Fsp3) is 0.412. The van der Waals surface area contributed by atoms with Crippen molar-refractivity contribution in [3.8, 4) is 11.5 Å². The second-order valence-electron chi connectivity index (χ2n) is 6.28. The van der Waals surface area contributed by atoms with E-state index in [1.807, 2.05) is 0 Å². The summed E-state index contributed by atoms with van der Waals surface area (Å²) in [5, 5.41) is 3.20. The maximum Gasteiger partial charge on any atom is 0.281 e. The molecule has 1 aliphatic rings. The van der Waals surface area contributed by atoms with Crippen molar-refractivity contribution in [1.82, 2.24) is 13.6 Å². The number of rotatable bonds is 6. The molecule has 1 amide bonds. The number of thiazole rings is 1. The molecule has 1 aromatic heterocycles. The number of carbonyl (C=O) groups is 1. The Hall–Kier alpha value is -2.21. The molecule has 0 bridgehead atoms. The summed E-state index contributed by atoms with van der Waals surface area (Å²) in [6.07, 6.45) is 0.501. The molecule has 0 saturated carbocycles. The van der Waals surface area contributed by atoms with Crippen LogP contribution in [0.3, 0.4) is 0 Å². The average molecular weight is 427 g/mol. The van der Waals surface area contributed by atoms with Gasteiger partial charge in [0.2, 0.25) is 0 Å². The van der Waals surface area contributed by atoms with Gasteiger partial charge in [0, 0.05) is 38.0 Å². The molecule has 1 aliphatic heterocycles. The number of nitrogens with zero attached hydrogens (tertiary/aromatic N) is 3. The Balaban J connectivity index is 1.78. The van der Waals surface area contributed by atoms with Crippen LogP contribution in [0.15, 0.2) is 18.2 Å². The normalized spacial score (nSPS) is 14.6. The summed E-state index contributed by atoms with van der Waals surface area (Å²) >= 11 is 1.28. The fourth-order valence-corrected chi connectivity index (χ4v) is 4.98. The van der Waals surface area contributed by atoms with Crippen LogP contribution in [0.2, 0.25) is 0 Å². The van der Waals surface area contributed by atoms with Crippen LogP contribution in [-0.4, -0.2) is 62.8 Å². The van der Waals surface area contributed by atoms with Gasteiger partial charge in [0.05, 0.1) is 32.0 Å². The number of anilines is 1. The second-order valence-corrected chi connectivity index (χ2v) is 9.51. The number of benzene rings is 1. The van der Waals surface area contributed by atoms with E-state index in [0.29, 0.717) is 35.2 Å². The highest BCUT2D eigenvalue weighted by molar-refractivity contribution is 7.86. The molecule has 1 aromatic carbocycles. The molecule has 0 radical (unpaired) electrons. The van der Waals surface area contributed by atoms with Crippen molar-refractivity contribution in [2.75, 3.05) is 40.2 Å². The Morgan fingerprint density at radius 2 is 2.04 bits per heavy atom. The van der Waals surface area contributed by atoms with Gasteiger partial charge in [-0.25, -0.2) is 4.98 Å². The Kier molecular flexibility index (Phi) is 5.89. The molecule has 0 unspecified atom stereocenters. The van der Waals surface area contributed by atoms with Gasteiger partial charge >= 0.3 is 0 Å². The lowest BCUT2D eigenvalue weighted by molar-refractivity contribution is 0.102. The quantitative estimate of drug-likeness (QED) is 0.753. The molecule has 3 rings (SSSR count). The Morgan fingerprint density at radius 1 is 1.29 bits per heavy atom. The van der Waals surface area contributed by atoms with E-state index in [-0.39, 0.29) is 12.5 Å². The first-order valence-electron chi connectivity index (χ1n) is 8.45. The van der Waals surface area contributed by atoms with Crippen molar-refractivity contribution in [2.24, 2.45) is 0 Å². The van der Waals surface area contributed by atoms with Gasteiger partial charge in [-0.05, 0) is 12.1 Å². The van der Waals surface area contributed by atoms with Gasteiger partial charge in [0.25, 0.3) is 16.1 Å². The van der Waals surface area contributed by atoms with Crippen LogP contribution in [0.25, 0.3) is 0 Å². The molecule has 2 aromatic rings. The lowest BCUT2D eigenvalue weighted by Crippen LogP contribution is -2.42. The van der Waals surface area contributed by atoms with E-state index in [9.17, 15) is 13.2 Å². The Labute approximate surface area is 168 Å². The van der Waals surface area contributed by atoms with E-state index in [1.165, 1.54) is 48.3 Å². The number of nitrogens with one attached hydrogen (secondary N) is 1. The largest absolute Gasteiger partial charge is 0.497 e. The SMILES string of the molecule is COc1ccc(C(=O)Nc2nc3c(s2)CN(S(=O)(=O)N(C)C)CC3)c(OC)c1. The Morgan fingerprint density at radius 3 is 2.68 bits per heavy atom. The highest BCUT2D eigenvalue weighted by Gasteiger charge is 2.30. The van der Waals surface area contributed by atoms with Gasteiger partial charge in [-0.15, -0.1) is 11.3 Å². The minimum atomic E-state index is -3.49. The van der Waals surface area contributed by atoms with Gasteiger partial charge in [-0.1, -0.05) is 0 Å². The highest BCUT2D eigenvalue weighted by Crippen LogP contribution is 2.31. The van der Waals surface area contributed by atoms with Crippen molar-refractivity contribution in [2.45, 2.75) is 13.0 Å². The number of amides is 1. The van der Waals surface area contributed by atoms with E-state index in [2.05, 4.69) is 10.3 Å². The highest BCUT2D eigenvalue weighted by atomic mass is 32.2. The predicted molar refractivity (Wildman–Crippen MR) is 106 cm³/mol. The molecule has 11 heteroatoms. The van der Waals surface area contributed by atoms with Crippen LogP contribution in [0, 0.1) is 0 Å². The summed E-state index contributed by atoms with van der Waals surface area (Å²) in [6, 6.07) is 4.92. The summed E-state index contributed by atoms with van der Waals surface area (Å²) in [4.78, 5) is 17.9. The minimum absolute atomic E-state index is 0.245. The first-order valence-corrected chi connectivity index (χ1v) is 10.7. The zero-order valence-corrected chi connectivity index (χ0v) is 17.7. The number of hydrogen-bond donors (Lipinski definition) is 1. The first-order chi connectivity index (χ1) is 13.3. The molecule has 1 N–H and O–H groups in total. The first kappa shape index (κ1) is 20.5.